The van der Waals surface area contributed by atoms with Crippen molar-refractivity contribution in [3.8, 4) is 0 Å². The second-order valence-corrected chi connectivity index (χ2v) is 9.52. The summed E-state index contributed by atoms with van der Waals surface area (Å²) in [6, 6.07) is 0. The number of rotatable bonds is 16. The van der Waals surface area contributed by atoms with Crippen LogP contribution in [0, 0.1) is 17.8 Å². The molecule has 2 fully saturated rings. The first kappa shape index (κ1) is 24.6. The van der Waals surface area contributed by atoms with Gasteiger partial charge in [-0.1, -0.05) is 70.4 Å². The quantitative estimate of drug-likeness (QED) is 0.250. The number of ketones is 1. The predicted octanol–water partition coefficient (Wildman–Crippen LogP) is 4.94. The van der Waals surface area contributed by atoms with E-state index in [9.17, 15) is 15.0 Å². The first-order chi connectivity index (χ1) is 14.0. The molecule has 4 heteroatoms. The minimum Gasteiger partial charge on any atom is -0.396 e. The Hall–Kier alpha value is -0.710. The van der Waals surface area contributed by atoms with Crippen molar-refractivity contribution in [3.05, 3.63) is 12.2 Å². The average Bonchev–Trinajstić information content (AvgIpc) is 3.51. The van der Waals surface area contributed by atoms with Gasteiger partial charge in [-0.3, -0.25) is 4.79 Å². The summed E-state index contributed by atoms with van der Waals surface area (Å²) in [5, 5.41) is 30.4. The van der Waals surface area contributed by atoms with E-state index in [-0.39, 0.29) is 30.6 Å². The van der Waals surface area contributed by atoms with Crippen LogP contribution in [0.3, 0.4) is 0 Å². The molecule has 0 saturated heterocycles. The van der Waals surface area contributed by atoms with Gasteiger partial charge in [-0.25, -0.2) is 0 Å². The van der Waals surface area contributed by atoms with E-state index in [1.54, 1.807) is 0 Å². The summed E-state index contributed by atoms with van der Waals surface area (Å²) < 4.78 is 0. The van der Waals surface area contributed by atoms with Crippen molar-refractivity contribution in [3.63, 3.8) is 0 Å². The molecule has 0 aliphatic heterocycles. The molecule has 2 aliphatic carbocycles. The lowest BCUT2D eigenvalue weighted by atomic mass is 9.85. The van der Waals surface area contributed by atoms with Crippen molar-refractivity contribution in [2.45, 2.75) is 115 Å². The number of Topliss-reactive ketones (excluding diaryl/α,β-unsaturated/α-hetero) is 1. The van der Waals surface area contributed by atoms with Crippen LogP contribution >= 0.6 is 0 Å². The standard InChI is InChI=1S/C25H44O4/c1-2-3-4-9-16-25(29,20-14-15-20)17-11-13-22-21(23(27)19-24(22)28)12-8-6-5-7-10-18-26/h11,13,20-22,24,26,28-29H,2-10,12,14-19H2,1H3/t21-,22-,24-,25?/m1/s1. The van der Waals surface area contributed by atoms with Crippen LogP contribution in [0.4, 0.5) is 0 Å². The molecule has 3 N–H and O–H groups in total. The first-order valence-electron chi connectivity index (χ1n) is 12.2. The first-order valence-corrected chi connectivity index (χ1v) is 12.2. The number of hydrogen-bond donors (Lipinski definition) is 3. The number of carbonyl (C=O) groups is 1. The molecule has 0 aromatic rings. The van der Waals surface area contributed by atoms with E-state index in [0.717, 1.165) is 64.2 Å². The summed E-state index contributed by atoms with van der Waals surface area (Å²) in [5.41, 5.74) is -0.597. The van der Waals surface area contributed by atoms with E-state index in [1.165, 1.54) is 19.3 Å². The fourth-order valence-corrected chi connectivity index (χ4v) is 4.98. The van der Waals surface area contributed by atoms with Crippen molar-refractivity contribution in [1.82, 2.24) is 0 Å². The molecule has 4 atom stereocenters. The van der Waals surface area contributed by atoms with Crippen molar-refractivity contribution in [2.24, 2.45) is 17.8 Å². The fraction of sp³-hybridized carbons (Fsp3) is 0.880. The van der Waals surface area contributed by atoms with Gasteiger partial charge in [-0.05, 0) is 44.4 Å². The van der Waals surface area contributed by atoms with E-state index < -0.39 is 11.7 Å². The zero-order chi connectivity index (χ0) is 21.1. The summed E-state index contributed by atoms with van der Waals surface area (Å²) in [5.74, 6) is 0.458. The van der Waals surface area contributed by atoms with Gasteiger partial charge in [0, 0.05) is 24.9 Å². The number of hydrogen-bond acceptors (Lipinski definition) is 4. The maximum absolute atomic E-state index is 12.4. The lowest BCUT2D eigenvalue weighted by Crippen LogP contribution is -2.30. The third-order valence-corrected chi connectivity index (χ3v) is 7.04. The smallest absolute Gasteiger partial charge is 0.139 e. The Morgan fingerprint density at radius 3 is 2.41 bits per heavy atom. The third kappa shape index (κ3) is 8.15. The molecule has 1 unspecified atom stereocenters. The Bertz CT molecular complexity index is 499. The molecule has 4 nitrogen and oxygen atoms in total. The topological polar surface area (TPSA) is 77.8 Å². The van der Waals surface area contributed by atoms with Crippen LogP contribution in [0.5, 0.6) is 0 Å². The highest BCUT2D eigenvalue weighted by Gasteiger charge is 2.43. The molecule has 29 heavy (non-hydrogen) atoms. The summed E-state index contributed by atoms with van der Waals surface area (Å²) >= 11 is 0. The maximum atomic E-state index is 12.4. The van der Waals surface area contributed by atoms with Crippen molar-refractivity contribution in [2.75, 3.05) is 6.61 Å². The number of unbranched alkanes of at least 4 members (excludes halogenated alkanes) is 7. The van der Waals surface area contributed by atoms with E-state index in [4.69, 9.17) is 5.11 Å². The molecule has 2 rings (SSSR count). The highest BCUT2D eigenvalue weighted by atomic mass is 16.3. The highest BCUT2D eigenvalue weighted by molar-refractivity contribution is 5.84. The maximum Gasteiger partial charge on any atom is 0.139 e. The summed E-state index contributed by atoms with van der Waals surface area (Å²) in [4.78, 5) is 12.4. The molecule has 168 valence electrons. The Kier molecular flexibility index (Phi) is 10.9. The van der Waals surface area contributed by atoms with Crippen molar-refractivity contribution in [1.29, 1.82) is 0 Å². The summed E-state index contributed by atoms with van der Waals surface area (Å²) in [6.07, 6.45) is 18.2. The van der Waals surface area contributed by atoms with Gasteiger partial charge < -0.3 is 15.3 Å². The lowest BCUT2D eigenvalue weighted by Gasteiger charge is -2.27. The second-order valence-electron chi connectivity index (χ2n) is 9.52. The van der Waals surface area contributed by atoms with Gasteiger partial charge in [0.15, 0.2) is 0 Å². The van der Waals surface area contributed by atoms with Crippen LogP contribution in [0.25, 0.3) is 0 Å². The van der Waals surface area contributed by atoms with Gasteiger partial charge in [-0.15, -0.1) is 0 Å². The van der Waals surface area contributed by atoms with Crippen LogP contribution < -0.4 is 0 Å². The molecule has 2 aliphatic rings. The minimum absolute atomic E-state index is 0.0716. The van der Waals surface area contributed by atoms with Gasteiger partial charge >= 0.3 is 0 Å². The Morgan fingerprint density at radius 1 is 1.03 bits per heavy atom. The van der Waals surface area contributed by atoms with Crippen molar-refractivity contribution < 1.29 is 20.1 Å². The van der Waals surface area contributed by atoms with Crippen molar-refractivity contribution >= 4 is 5.78 Å². The van der Waals surface area contributed by atoms with Gasteiger partial charge in [0.2, 0.25) is 0 Å². The lowest BCUT2D eigenvalue weighted by molar-refractivity contribution is -0.121. The largest absolute Gasteiger partial charge is 0.396 e. The summed E-state index contributed by atoms with van der Waals surface area (Å²) in [7, 11) is 0. The van der Waals surface area contributed by atoms with Gasteiger partial charge in [0.25, 0.3) is 0 Å². The molecular formula is C25H44O4. The monoisotopic (exact) mass is 408 g/mol. The van der Waals surface area contributed by atoms with E-state index in [1.807, 2.05) is 6.08 Å². The van der Waals surface area contributed by atoms with Crippen LogP contribution in [0.1, 0.15) is 103 Å². The highest BCUT2D eigenvalue weighted by Crippen LogP contribution is 2.45. The average molecular weight is 409 g/mol. The number of aliphatic hydroxyl groups excluding tert-OH is 2. The fourth-order valence-electron chi connectivity index (χ4n) is 4.98. The van der Waals surface area contributed by atoms with E-state index in [0.29, 0.717) is 12.3 Å². The molecule has 0 radical (unpaired) electrons. The molecular weight excluding hydrogens is 364 g/mol. The van der Waals surface area contributed by atoms with E-state index >= 15 is 0 Å². The minimum atomic E-state index is -0.597. The number of aliphatic hydroxyl groups is 3. The van der Waals surface area contributed by atoms with Crippen LogP contribution in [0.2, 0.25) is 0 Å². The molecule has 0 heterocycles. The Balaban J connectivity index is 1.82. The summed E-state index contributed by atoms with van der Waals surface area (Å²) in [6.45, 7) is 2.46. The van der Waals surface area contributed by atoms with Gasteiger partial charge in [0.05, 0.1) is 11.7 Å². The molecule has 0 aromatic carbocycles. The third-order valence-electron chi connectivity index (χ3n) is 7.04. The van der Waals surface area contributed by atoms with E-state index in [2.05, 4.69) is 13.0 Å². The zero-order valence-electron chi connectivity index (χ0n) is 18.5. The zero-order valence-corrected chi connectivity index (χ0v) is 18.5. The Labute approximate surface area is 177 Å². The normalized spacial score (nSPS) is 27.0. The molecule has 0 amide bonds. The predicted molar refractivity (Wildman–Crippen MR) is 118 cm³/mol. The molecule has 0 spiro atoms. The number of carbonyl (C=O) groups excluding carboxylic acids is 1. The molecule has 0 aromatic heterocycles. The Morgan fingerprint density at radius 2 is 1.72 bits per heavy atom. The SMILES string of the molecule is CCCCCCC(O)(CC=C[C@H]1[C@H](O)CC(=O)[C@@H]1CCCCCCCO)C1CC1. The van der Waals surface area contributed by atoms with Crippen LogP contribution in [0.15, 0.2) is 12.2 Å². The van der Waals surface area contributed by atoms with Gasteiger partial charge in [-0.2, -0.15) is 0 Å². The molecule has 2 saturated carbocycles. The molecule has 0 bridgehead atoms. The van der Waals surface area contributed by atoms with Crippen LogP contribution in [-0.4, -0.2) is 39.4 Å². The van der Waals surface area contributed by atoms with Gasteiger partial charge in [0.1, 0.15) is 5.78 Å². The van der Waals surface area contributed by atoms with Crippen LogP contribution in [-0.2, 0) is 4.79 Å². The second kappa shape index (κ2) is 12.9.